The molecule has 8 heteroatoms. The van der Waals surface area contributed by atoms with Crippen LogP contribution in [0.15, 0.2) is 40.0 Å². The first-order valence-corrected chi connectivity index (χ1v) is 14.8. The lowest BCUT2D eigenvalue weighted by molar-refractivity contribution is -0.123. The standard InChI is InChI=1S/C30H36N4O2S2/c1-5-14-33-27(32-15-12-23(13-16-32)17-22-10-8-7-9-11-22)24(21(4)25(19-31)28(33)35)18-26-29(36)34(20(3)6-2)30(37)38-26/h7-11,18,20,23H,5-6,12-17H2,1-4H3. The van der Waals surface area contributed by atoms with E-state index >= 15 is 0 Å². The average Bonchev–Trinajstić information content (AvgIpc) is 3.20. The van der Waals surface area contributed by atoms with E-state index in [4.69, 9.17) is 12.2 Å². The monoisotopic (exact) mass is 548 g/mol. The van der Waals surface area contributed by atoms with E-state index < -0.39 is 0 Å². The topological polar surface area (TPSA) is 69.3 Å². The van der Waals surface area contributed by atoms with E-state index in [9.17, 15) is 14.9 Å². The van der Waals surface area contributed by atoms with Gasteiger partial charge in [-0.3, -0.25) is 19.1 Å². The number of thioether (sulfide) groups is 1. The van der Waals surface area contributed by atoms with Crippen LogP contribution in [-0.4, -0.2) is 38.8 Å². The maximum atomic E-state index is 13.5. The van der Waals surface area contributed by atoms with Crippen LogP contribution in [0.3, 0.4) is 0 Å². The maximum absolute atomic E-state index is 13.5. The fraction of sp³-hybridized carbons (Fsp3) is 0.467. The molecule has 2 aliphatic rings. The number of amides is 1. The lowest BCUT2D eigenvalue weighted by Crippen LogP contribution is -2.40. The van der Waals surface area contributed by atoms with Gasteiger partial charge in [-0.2, -0.15) is 5.26 Å². The minimum absolute atomic E-state index is 0.0151. The quantitative estimate of drug-likeness (QED) is 0.302. The first-order valence-electron chi connectivity index (χ1n) is 13.5. The molecule has 2 aromatic rings. The molecule has 3 heterocycles. The molecule has 0 saturated carbocycles. The van der Waals surface area contributed by atoms with Crippen LogP contribution in [0.1, 0.15) is 68.7 Å². The molecule has 1 aromatic heterocycles. The van der Waals surface area contributed by atoms with Crippen molar-refractivity contribution in [1.82, 2.24) is 9.47 Å². The molecule has 0 spiro atoms. The predicted octanol–water partition coefficient (Wildman–Crippen LogP) is 5.90. The number of rotatable bonds is 8. The van der Waals surface area contributed by atoms with Crippen molar-refractivity contribution < 1.29 is 4.79 Å². The molecule has 4 rings (SSSR count). The average molecular weight is 549 g/mol. The van der Waals surface area contributed by atoms with Gasteiger partial charge < -0.3 is 4.90 Å². The second-order valence-electron chi connectivity index (χ2n) is 10.2. The van der Waals surface area contributed by atoms with Crippen LogP contribution in [0.4, 0.5) is 5.82 Å². The van der Waals surface area contributed by atoms with Crippen LogP contribution >= 0.6 is 24.0 Å². The highest BCUT2D eigenvalue weighted by molar-refractivity contribution is 8.26. The lowest BCUT2D eigenvalue weighted by Gasteiger charge is -2.36. The van der Waals surface area contributed by atoms with Gasteiger partial charge in [-0.1, -0.05) is 68.2 Å². The summed E-state index contributed by atoms with van der Waals surface area (Å²) in [7, 11) is 0. The van der Waals surface area contributed by atoms with Crippen molar-refractivity contribution >= 4 is 46.1 Å². The van der Waals surface area contributed by atoms with Crippen molar-refractivity contribution in [3.8, 4) is 6.07 Å². The van der Waals surface area contributed by atoms with Gasteiger partial charge in [0.1, 0.15) is 21.8 Å². The summed E-state index contributed by atoms with van der Waals surface area (Å²) < 4.78 is 2.31. The Hall–Kier alpha value is -2.89. The second-order valence-corrected chi connectivity index (χ2v) is 11.9. The third-order valence-corrected chi connectivity index (χ3v) is 9.04. The Morgan fingerprint density at radius 1 is 1.18 bits per heavy atom. The Bertz CT molecular complexity index is 1330. The number of hydrogen-bond donors (Lipinski definition) is 0. The number of nitriles is 1. The van der Waals surface area contributed by atoms with E-state index in [0.29, 0.717) is 27.3 Å². The number of thiocarbonyl (C=S) groups is 1. The molecular weight excluding hydrogens is 512 g/mol. The number of hydrogen-bond acceptors (Lipinski definition) is 6. The highest BCUT2D eigenvalue weighted by Gasteiger charge is 2.36. The minimum atomic E-state index is -0.252. The first kappa shape index (κ1) is 28.1. The molecule has 1 unspecified atom stereocenters. The number of anilines is 1. The van der Waals surface area contributed by atoms with Gasteiger partial charge in [0.05, 0.1) is 4.91 Å². The van der Waals surface area contributed by atoms with Gasteiger partial charge in [0.25, 0.3) is 11.5 Å². The summed E-state index contributed by atoms with van der Waals surface area (Å²) in [5.41, 5.74) is 2.65. The van der Waals surface area contributed by atoms with Crippen LogP contribution < -0.4 is 10.5 Å². The second kappa shape index (κ2) is 12.3. The number of carbonyl (C=O) groups is 1. The number of pyridine rings is 1. The van der Waals surface area contributed by atoms with E-state index in [2.05, 4.69) is 35.2 Å². The van der Waals surface area contributed by atoms with E-state index in [0.717, 1.165) is 56.6 Å². The summed E-state index contributed by atoms with van der Waals surface area (Å²) in [6.07, 6.45) is 6.53. The molecule has 1 amide bonds. The van der Waals surface area contributed by atoms with E-state index in [1.807, 2.05) is 39.8 Å². The summed E-state index contributed by atoms with van der Waals surface area (Å²) in [6, 6.07) is 12.7. The Morgan fingerprint density at radius 2 is 1.87 bits per heavy atom. The van der Waals surface area contributed by atoms with Crippen LogP contribution in [-0.2, 0) is 17.8 Å². The van der Waals surface area contributed by atoms with Crippen molar-refractivity contribution in [1.29, 1.82) is 5.26 Å². The smallest absolute Gasteiger partial charge is 0.270 e. The van der Waals surface area contributed by atoms with Gasteiger partial charge >= 0.3 is 0 Å². The fourth-order valence-corrected chi connectivity index (χ4v) is 6.83. The van der Waals surface area contributed by atoms with Crippen molar-refractivity contribution in [2.75, 3.05) is 18.0 Å². The largest absolute Gasteiger partial charge is 0.357 e. The van der Waals surface area contributed by atoms with Gasteiger partial charge in [-0.25, -0.2) is 0 Å². The minimum Gasteiger partial charge on any atom is -0.357 e. The first-order chi connectivity index (χ1) is 18.3. The van der Waals surface area contributed by atoms with Gasteiger partial charge in [-0.05, 0) is 69.1 Å². The lowest BCUT2D eigenvalue weighted by atomic mass is 9.90. The Kier molecular flexibility index (Phi) is 9.11. The highest BCUT2D eigenvalue weighted by Crippen LogP contribution is 2.38. The van der Waals surface area contributed by atoms with Gasteiger partial charge in [0, 0.05) is 31.2 Å². The van der Waals surface area contributed by atoms with Crippen LogP contribution in [0, 0.1) is 24.2 Å². The molecule has 1 atom stereocenters. The molecule has 2 aliphatic heterocycles. The van der Waals surface area contributed by atoms with E-state index in [1.165, 1.54) is 17.3 Å². The maximum Gasteiger partial charge on any atom is 0.270 e. The van der Waals surface area contributed by atoms with Crippen molar-refractivity contribution in [3.05, 3.63) is 67.8 Å². The molecular formula is C30H36N4O2S2. The van der Waals surface area contributed by atoms with Crippen LogP contribution in [0.2, 0.25) is 0 Å². The predicted molar refractivity (Wildman–Crippen MR) is 160 cm³/mol. The summed E-state index contributed by atoms with van der Waals surface area (Å²) >= 11 is 6.86. The van der Waals surface area contributed by atoms with Crippen molar-refractivity contribution in [2.24, 2.45) is 5.92 Å². The zero-order valence-electron chi connectivity index (χ0n) is 22.7. The zero-order chi connectivity index (χ0) is 27.4. The third kappa shape index (κ3) is 5.60. The summed E-state index contributed by atoms with van der Waals surface area (Å²) in [5.74, 6) is 1.29. The fourth-order valence-electron chi connectivity index (χ4n) is 5.39. The number of nitrogens with zero attached hydrogens (tertiary/aromatic N) is 4. The normalized spacial score (nSPS) is 18.3. The highest BCUT2D eigenvalue weighted by atomic mass is 32.2. The molecule has 2 fully saturated rings. The number of carbonyl (C=O) groups excluding carboxylic acids is 1. The molecule has 0 bridgehead atoms. The van der Waals surface area contributed by atoms with Crippen LogP contribution in [0.25, 0.3) is 6.08 Å². The molecule has 1 aromatic carbocycles. The summed E-state index contributed by atoms with van der Waals surface area (Å²) in [6.45, 7) is 10.0. The Morgan fingerprint density at radius 3 is 2.47 bits per heavy atom. The Labute approximate surface area is 235 Å². The molecule has 200 valence electrons. The van der Waals surface area contributed by atoms with E-state index in [1.54, 1.807) is 9.47 Å². The molecule has 0 N–H and O–H groups in total. The molecule has 38 heavy (non-hydrogen) atoms. The SMILES string of the molecule is CCCn1c(N2CCC(Cc3ccccc3)CC2)c(C=C2SC(=S)N(C(C)CC)C2=O)c(C)c(C#N)c1=O. The molecule has 2 saturated heterocycles. The number of benzene rings is 1. The van der Waals surface area contributed by atoms with Crippen molar-refractivity contribution in [2.45, 2.75) is 72.4 Å². The van der Waals surface area contributed by atoms with Crippen molar-refractivity contribution in [3.63, 3.8) is 0 Å². The van der Waals surface area contributed by atoms with Gasteiger partial charge in [0.15, 0.2) is 0 Å². The number of aromatic nitrogens is 1. The Balaban J connectivity index is 1.74. The molecule has 0 radical (unpaired) electrons. The van der Waals surface area contributed by atoms with E-state index in [-0.39, 0.29) is 23.1 Å². The summed E-state index contributed by atoms with van der Waals surface area (Å²) in [5, 5.41) is 9.90. The van der Waals surface area contributed by atoms with Gasteiger partial charge in [0.2, 0.25) is 0 Å². The van der Waals surface area contributed by atoms with Gasteiger partial charge in [-0.15, -0.1) is 0 Å². The molecule has 0 aliphatic carbocycles. The summed E-state index contributed by atoms with van der Waals surface area (Å²) in [4.78, 5) is 31.3. The zero-order valence-corrected chi connectivity index (χ0v) is 24.3. The number of piperidine rings is 1. The van der Waals surface area contributed by atoms with Crippen LogP contribution in [0.5, 0.6) is 0 Å². The molecule has 6 nitrogen and oxygen atoms in total. The third-order valence-electron chi connectivity index (χ3n) is 7.71.